The summed E-state index contributed by atoms with van der Waals surface area (Å²) in [7, 11) is 0. The van der Waals surface area contributed by atoms with Crippen LogP contribution in [0.25, 0.3) is 0 Å². The summed E-state index contributed by atoms with van der Waals surface area (Å²) >= 11 is 0. The van der Waals surface area contributed by atoms with Crippen LogP contribution in [-0.2, 0) is 0 Å². The first-order chi connectivity index (χ1) is 12.5. The predicted octanol–water partition coefficient (Wildman–Crippen LogP) is 4.04. The Morgan fingerprint density at radius 2 is 1.92 bits per heavy atom. The molecule has 132 valence electrons. The Labute approximate surface area is 148 Å². The number of nitro groups is 2. The van der Waals surface area contributed by atoms with E-state index in [2.05, 4.69) is 5.32 Å². The molecule has 0 saturated carbocycles. The van der Waals surface area contributed by atoms with Crippen LogP contribution in [0.15, 0.2) is 48.6 Å². The second-order valence-electron chi connectivity index (χ2n) is 6.48. The van der Waals surface area contributed by atoms with Gasteiger partial charge in [0.1, 0.15) is 5.75 Å². The molecule has 26 heavy (non-hydrogen) atoms. The lowest BCUT2D eigenvalue weighted by Crippen LogP contribution is -2.29. The lowest BCUT2D eigenvalue weighted by molar-refractivity contribution is -0.385. The van der Waals surface area contributed by atoms with E-state index in [1.807, 2.05) is 12.2 Å². The van der Waals surface area contributed by atoms with Crippen LogP contribution in [0.2, 0.25) is 0 Å². The fourth-order valence-electron chi connectivity index (χ4n) is 4.00. The lowest BCUT2D eigenvalue weighted by Gasteiger charge is -2.37. The molecule has 1 aliphatic heterocycles. The molecule has 0 bridgehead atoms. The highest BCUT2D eigenvalue weighted by atomic mass is 16.6. The van der Waals surface area contributed by atoms with Crippen molar-refractivity contribution >= 4 is 17.1 Å². The number of benzene rings is 2. The fourth-order valence-corrected chi connectivity index (χ4v) is 4.00. The van der Waals surface area contributed by atoms with Gasteiger partial charge in [-0.05, 0) is 24.0 Å². The van der Waals surface area contributed by atoms with Crippen LogP contribution in [0.1, 0.15) is 29.5 Å². The first-order valence-corrected chi connectivity index (χ1v) is 8.15. The van der Waals surface area contributed by atoms with E-state index in [0.717, 1.165) is 5.56 Å². The monoisotopic (exact) mass is 353 g/mol. The van der Waals surface area contributed by atoms with Gasteiger partial charge in [0.25, 0.3) is 11.4 Å². The van der Waals surface area contributed by atoms with E-state index < -0.39 is 9.85 Å². The number of nitrogens with zero attached hydrogens (tertiary/aromatic N) is 2. The summed E-state index contributed by atoms with van der Waals surface area (Å²) in [4.78, 5) is 21.6. The van der Waals surface area contributed by atoms with Gasteiger partial charge in [-0.3, -0.25) is 20.2 Å². The first kappa shape index (κ1) is 16.1. The van der Waals surface area contributed by atoms with E-state index in [1.54, 1.807) is 12.1 Å². The number of hydrogen-bond donors (Lipinski definition) is 2. The van der Waals surface area contributed by atoms with Crippen LogP contribution in [0.4, 0.5) is 17.1 Å². The van der Waals surface area contributed by atoms with Crippen molar-refractivity contribution in [3.63, 3.8) is 0 Å². The minimum Gasteiger partial charge on any atom is -0.506 e. The van der Waals surface area contributed by atoms with Gasteiger partial charge < -0.3 is 10.4 Å². The number of phenolic OH excluding ortho intramolecular Hbond substituents is 1. The summed E-state index contributed by atoms with van der Waals surface area (Å²) in [5.74, 6) is -0.326. The van der Waals surface area contributed by atoms with E-state index >= 15 is 0 Å². The molecule has 2 aromatic rings. The Balaban J connectivity index is 1.85. The Kier molecular flexibility index (Phi) is 3.61. The molecule has 1 aliphatic carbocycles. The Morgan fingerprint density at radius 1 is 1.12 bits per heavy atom. The maximum absolute atomic E-state index is 11.4. The van der Waals surface area contributed by atoms with Crippen molar-refractivity contribution in [1.82, 2.24) is 0 Å². The van der Waals surface area contributed by atoms with Gasteiger partial charge in [0.2, 0.25) is 0 Å². The van der Waals surface area contributed by atoms with E-state index in [1.165, 1.54) is 24.3 Å². The smallest absolute Gasteiger partial charge is 0.275 e. The highest BCUT2D eigenvalue weighted by Crippen LogP contribution is 2.54. The number of nitro benzene ring substituents is 2. The van der Waals surface area contributed by atoms with Crippen LogP contribution in [0, 0.1) is 26.1 Å². The average molecular weight is 353 g/mol. The largest absolute Gasteiger partial charge is 0.506 e. The van der Waals surface area contributed by atoms with E-state index in [4.69, 9.17) is 0 Å². The van der Waals surface area contributed by atoms with Crippen molar-refractivity contribution in [2.24, 2.45) is 5.92 Å². The van der Waals surface area contributed by atoms with Gasteiger partial charge in [-0.15, -0.1) is 0 Å². The van der Waals surface area contributed by atoms with Crippen molar-refractivity contribution in [3.05, 3.63) is 79.9 Å². The molecule has 1 heterocycles. The second-order valence-corrected chi connectivity index (χ2v) is 6.48. The maximum Gasteiger partial charge on any atom is 0.275 e. The standard InChI is InChI=1S/C18H15N3O5/c22-15-8-7-14(21(25)26)16-12-5-2-6-13(12)17(19-18(15)16)10-3-1-4-11(9-10)20(23)24/h1-5,7-9,12-13,17,19,22H,6H2. The molecule has 4 rings (SSSR count). The van der Waals surface area contributed by atoms with Crippen LogP contribution < -0.4 is 5.32 Å². The second kappa shape index (κ2) is 5.83. The summed E-state index contributed by atoms with van der Waals surface area (Å²) in [6.45, 7) is 0. The molecule has 8 nitrogen and oxygen atoms in total. The number of non-ortho nitro benzene ring substituents is 1. The van der Waals surface area contributed by atoms with Crippen LogP contribution >= 0.6 is 0 Å². The Morgan fingerprint density at radius 3 is 2.65 bits per heavy atom. The molecule has 2 aromatic carbocycles. The fraction of sp³-hybridized carbons (Fsp3) is 0.222. The van der Waals surface area contributed by atoms with E-state index in [9.17, 15) is 25.3 Å². The molecule has 0 fully saturated rings. The summed E-state index contributed by atoms with van der Waals surface area (Å²) in [6.07, 6.45) is 4.57. The molecule has 2 aliphatic rings. The summed E-state index contributed by atoms with van der Waals surface area (Å²) in [5, 5.41) is 36.0. The normalized spacial score (nSPS) is 23.0. The van der Waals surface area contributed by atoms with Crippen molar-refractivity contribution < 1.29 is 15.0 Å². The zero-order valence-corrected chi connectivity index (χ0v) is 13.5. The molecule has 2 N–H and O–H groups in total. The molecule has 0 spiro atoms. The SMILES string of the molecule is O=[N+]([O-])c1cccc(C2Nc3c(O)ccc([N+](=O)[O-])c3C3C=CCC32)c1. The Hall–Kier alpha value is -3.42. The van der Waals surface area contributed by atoms with Crippen molar-refractivity contribution in [2.45, 2.75) is 18.4 Å². The van der Waals surface area contributed by atoms with Crippen molar-refractivity contribution in [2.75, 3.05) is 5.32 Å². The molecule has 0 radical (unpaired) electrons. The first-order valence-electron chi connectivity index (χ1n) is 8.15. The molecule has 0 amide bonds. The topological polar surface area (TPSA) is 119 Å². The minimum atomic E-state index is -0.451. The highest BCUT2D eigenvalue weighted by molar-refractivity contribution is 5.73. The number of allylic oxidation sites excluding steroid dienone is 2. The minimum absolute atomic E-state index is 0.0131. The molecule has 3 unspecified atom stereocenters. The van der Waals surface area contributed by atoms with Gasteiger partial charge in [-0.1, -0.05) is 24.3 Å². The third kappa shape index (κ3) is 2.38. The van der Waals surface area contributed by atoms with Crippen LogP contribution in [0.3, 0.4) is 0 Å². The zero-order chi connectivity index (χ0) is 18.4. The third-order valence-electron chi connectivity index (χ3n) is 5.11. The van der Waals surface area contributed by atoms with Crippen LogP contribution in [-0.4, -0.2) is 15.0 Å². The van der Waals surface area contributed by atoms with Gasteiger partial charge >= 0.3 is 0 Å². The molecule has 0 aromatic heterocycles. The van der Waals surface area contributed by atoms with Gasteiger partial charge in [0.15, 0.2) is 0 Å². The molecule has 8 heteroatoms. The van der Waals surface area contributed by atoms with Gasteiger partial charge in [-0.25, -0.2) is 0 Å². The molecule has 3 atom stereocenters. The quantitative estimate of drug-likeness (QED) is 0.372. The molecular weight excluding hydrogens is 338 g/mol. The highest BCUT2D eigenvalue weighted by Gasteiger charge is 2.42. The van der Waals surface area contributed by atoms with Crippen molar-refractivity contribution in [1.29, 1.82) is 0 Å². The van der Waals surface area contributed by atoms with Gasteiger partial charge in [0.05, 0.1) is 27.1 Å². The van der Waals surface area contributed by atoms with E-state index in [-0.39, 0.29) is 35.0 Å². The van der Waals surface area contributed by atoms with Crippen molar-refractivity contribution in [3.8, 4) is 5.75 Å². The number of anilines is 1. The summed E-state index contributed by atoms with van der Waals surface area (Å²) in [6, 6.07) is 8.66. The lowest BCUT2D eigenvalue weighted by atomic mass is 9.76. The summed E-state index contributed by atoms with van der Waals surface area (Å²) < 4.78 is 0. The number of nitrogens with one attached hydrogen (secondary N) is 1. The van der Waals surface area contributed by atoms with E-state index in [0.29, 0.717) is 17.7 Å². The third-order valence-corrected chi connectivity index (χ3v) is 5.11. The number of hydrogen-bond acceptors (Lipinski definition) is 6. The zero-order valence-electron chi connectivity index (χ0n) is 13.5. The molecular formula is C18H15N3O5. The van der Waals surface area contributed by atoms with Crippen LogP contribution in [0.5, 0.6) is 5.75 Å². The summed E-state index contributed by atoms with van der Waals surface area (Å²) in [5.41, 5.74) is 1.46. The van der Waals surface area contributed by atoms with Gasteiger partial charge in [-0.2, -0.15) is 0 Å². The number of fused-ring (bicyclic) bond motifs is 3. The molecule has 0 saturated heterocycles. The Bertz CT molecular complexity index is 956. The maximum atomic E-state index is 11.4. The van der Waals surface area contributed by atoms with Gasteiger partial charge in [0, 0.05) is 24.1 Å². The average Bonchev–Trinajstić information content (AvgIpc) is 3.11. The number of aromatic hydroxyl groups is 1. The number of phenols is 1. The predicted molar refractivity (Wildman–Crippen MR) is 94.2 cm³/mol. The number of rotatable bonds is 3.